The third-order valence-corrected chi connectivity index (χ3v) is 6.07. The molecular formula is C30H34Cl2N2SiTi-2. The summed E-state index contributed by atoms with van der Waals surface area (Å²) < 4.78 is 4.57. The van der Waals surface area contributed by atoms with E-state index in [-0.39, 0.29) is 0 Å². The molecule has 2 radical (unpaired) electrons. The van der Waals surface area contributed by atoms with E-state index in [4.69, 9.17) is 18.6 Å². The predicted molar refractivity (Wildman–Crippen MR) is 160 cm³/mol. The molecule has 0 atom stereocenters. The van der Waals surface area contributed by atoms with Gasteiger partial charge < -0.3 is 9.13 Å². The van der Waals surface area contributed by atoms with E-state index in [1.165, 1.54) is 21.5 Å². The average molecular weight is 569 g/mol. The molecule has 2 nitrogen and oxygen atoms in total. The molecular weight excluding hydrogens is 535 g/mol. The van der Waals surface area contributed by atoms with Gasteiger partial charge in [0.1, 0.15) is 0 Å². The van der Waals surface area contributed by atoms with Gasteiger partial charge in [-0.2, -0.15) is 35.0 Å². The predicted octanol–water partition coefficient (Wildman–Crippen LogP) is 8.36. The first-order valence-corrected chi connectivity index (χ1v) is 16.7. The molecule has 0 aliphatic rings. The maximum atomic E-state index is 4.89. The van der Waals surface area contributed by atoms with Crippen LogP contribution >= 0.6 is 18.6 Å². The van der Waals surface area contributed by atoms with Crippen molar-refractivity contribution in [1.29, 1.82) is 0 Å². The van der Waals surface area contributed by atoms with E-state index in [9.17, 15) is 0 Å². The van der Waals surface area contributed by atoms with Gasteiger partial charge in [0.25, 0.3) is 9.84 Å². The summed E-state index contributed by atoms with van der Waals surface area (Å²) in [5, 5.41) is 5.32. The molecule has 4 aromatic carbocycles. The summed E-state index contributed by atoms with van der Waals surface area (Å²) in [7, 11) is 10.4. The van der Waals surface area contributed by atoms with Crippen LogP contribution in [0, 0.1) is 0 Å². The van der Waals surface area contributed by atoms with Crippen molar-refractivity contribution < 1.29 is 17.0 Å². The van der Waals surface area contributed by atoms with Crippen molar-refractivity contribution in [2.45, 2.75) is 0 Å². The summed E-state index contributed by atoms with van der Waals surface area (Å²) in [5.41, 5.74) is 0. The first-order chi connectivity index (χ1) is 17.6. The Hall–Kier alpha value is -1.95. The van der Waals surface area contributed by atoms with Gasteiger partial charge >= 0.3 is 35.6 Å². The molecule has 0 aromatic heterocycles. The van der Waals surface area contributed by atoms with Crippen LogP contribution in [0.5, 0.6) is 0 Å². The van der Waals surface area contributed by atoms with E-state index in [2.05, 4.69) is 120 Å². The molecule has 0 N–H and O–H groups in total. The molecule has 0 fully saturated rings. The van der Waals surface area contributed by atoms with Crippen molar-refractivity contribution in [2.75, 3.05) is 26.2 Å². The molecule has 6 heteroatoms. The number of hydrogen-bond acceptors (Lipinski definition) is 2. The minimum atomic E-state index is -0.556. The fourth-order valence-electron chi connectivity index (χ4n) is 3.28. The largest absolute Gasteiger partial charge is 0.168 e. The van der Waals surface area contributed by atoms with E-state index >= 15 is 0 Å². The Labute approximate surface area is 236 Å². The molecule has 0 aliphatic carbocycles. The Morgan fingerprint density at radius 3 is 1.28 bits per heavy atom. The SMILES string of the molecule is C=CCN(CC=C)[Si]N(CC=C)CC=C.[Cl][Ti][Cl].c1ccc2[cH-]ccc2c1.c1ccc2[cH-]ccc2c1. The van der Waals surface area contributed by atoms with E-state index in [0.29, 0.717) is 9.84 Å². The molecule has 0 heterocycles. The van der Waals surface area contributed by atoms with Crippen molar-refractivity contribution in [2.24, 2.45) is 0 Å². The van der Waals surface area contributed by atoms with Gasteiger partial charge in [0, 0.05) is 26.2 Å². The summed E-state index contributed by atoms with van der Waals surface area (Å²) in [6.45, 7) is 18.5. The number of halogens is 2. The monoisotopic (exact) mass is 568 g/mol. The summed E-state index contributed by atoms with van der Waals surface area (Å²) >= 11 is -0.556. The maximum absolute atomic E-state index is 4.89. The summed E-state index contributed by atoms with van der Waals surface area (Å²) in [6, 6.07) is 29.3. The van der Waals surface area contributed by atoms with Crippen LogP contribution in [-0.2, 0) is 17.0 Å². The van der Waals surface area contributed by atoms with Crippen molar-refractivity contribution in [3.8, 4) is 0 Å². The Kier molecular flexibility index (Phi) is 18.9. The Morgan fingerprint density at radius 2 is 0.972 bits per heavy atom. The fourth-order valence-corrected chi connectivity index (χ4v) is 4.52. The standard InChI is InChI=1S/C12H20N2Si.2C9H7.2ClH.Ti/c1-5-9-13(10-6-2)15-14(11-7-3)12-8-4;2*1-2-5-9-7-3-6-8(9)4-1;;;/h5-8H,1-4,9-12H2;2*1-7H;2*1H;/q;2*-1;;;+2/p-2. The molecule has 4 aromatic rings. The van der Waals surface area contributed by atoms with Crippen molar-refractivity contribution in [3.63, 3.8) is 0 Å². The number of fused-ring (bicyclic) bond motifs is 2. The third-order valence-electron chi connectivity index (χ3n) is 4.78. The second kappa shape index (κ2) is 21.2. The quantitative estimate of drug-likeness (QED) is 0.108. The van der Waals surface area contributed by atoms with Gasteiger partial charge in [0.2, 0.25) is 0 Å². The van der Waals surface area contributed by atoms with Gasteiger partial charge in [0.15, 0.2) is 0 Å². The van der Waals surface area contributed by atoms with Crippen LogP contribution in [-0.4, -0.2) is 45.2 Å². The molecule has 4 rings (SSSR count). The summed E-state index contributed by atoms with van der Waals surface area (Å²) in [4.78, 5) is 0. The molecule has 0 saturated heterocycles. The average Bonchev–Trinajstić information content (AvgIpc) is 3.56. The van der Waals surface area contributed by atoms with E-state index in [1.54, 1.807) is 0 Å². The molecule has 0 spiro atoms. The van der Waals surface area contributed by atoms with Crippen LogP contribution in [0.15, 0.2) is 136 Å². The number of nitrogens with zero attached hydrogens (tertiary/aromatic N) is 2. The molecule has 0 unspecified atom stereocenters. The number of benzene rings is 2. The Morgan fingerprint density at radius 1 is 0.639 bits per heavy atom. The number of hydrogen-bond donors (Lipinski definition) is 0. The van der Waals surface area contributed by atoms with Crippen LogP contribution in [0.2, 0.25) is 0 Å². The maximum Gasteiger partial charge on any atom is -0.0809 e. The van der Waals surface area contributed by atoms with Crippen molar-refractivity contribution in [3.05, 3.63) is 136 Å². The second-order valence-corrected chi connectivity index (χ2v) is 11.5. The summed E-state index contributed by atoms with van der Waals surface area (Å²) in [6.07, 6.45) is 7.65. The van der Waals surface area contributed by atoms with Crippen molar-refractivity contribution in [1.82, 2.24) is 9.13 Å². The van der Waals surface area contributed by atoms with Crippen molar-refractivity contribution >= 4 is 50.0 Å². The van der Waals surface area contributed by atoms with Crippen LogP contribution < -0.4 is 0 Å². The third kappa shape index (κ3) is 13.4. The molecule has 0 aliphatic heterocycles. The van der Waals surface area contributed by atoms with Gasteiger partial charge in [-0.25, -0.2) is 0 Å². The van der Waals surface area contributed by atoms with Gasteiger partial charge in [-0.15, -0.1) is 85.6 Å². The number of rotatable bonds is 10. The van der Waals surface area contributed by atoms with E-state index in [0.717, 1.165) is 26.2 Å². The first-order valence-electron chi connectivity index (χ1n) is 11.5. The zero-order valence-electron chi connectivity index (χ0n) is 20.7. The van der Waals surface area contributed by atoms with E-state index < -0.39 is 17.0 Å². The van der Waals surface area contributed by atoms with E-state index in [1.807, 2.05) is 24.3 Å². The molecule has 188 valence electrons. The Balaban J connectivity index is 0.000000264. The summed E-state index contributed by atoms with van der Waals surface area (Å²) in [5.74, 6) is 0. The van der Waals surface area contributed by atoms with Crippen LogP contribution in [0.4, 0.5) is 0 Å². The first kappa shape index (κ1) is 32.1. The van der Waals surface area contributed by atoms with Gasteiger partial charge in [-0.3, -0.25) is 0 Å². The molecule has 0 saturated carbocycles. The molecule has 0 amide bonds. The van der Waals surface area contributed by atoms with Gasteiger partial charge in [-0.1, -0.05) is 36.4 Å². The minimum absolute atomic E-state index is 0.556. The fraction of sp³-hybridized carbons (Fsp3) is 0.133. The topological polar surface area (TPSA) is 6.48 Å². The Bertz CT molecular complexity index is 970. The zero-order valence-corrected chi connectivity index (χ0v) is 24.8. The van der Waals surface area contributed by atoms with Gasteiger partial charge in [0.05, 0.1) is 0 Å². The minimum Gasteiger partial charge on any atom is -0.168 e. The smallest absolute Gasteiger partial charge is 0.0809 e. The normalized spacial score (nSPS) is 9.78. The molecule has 0 bridgehead atoms. The van der Waals surface area contributed by atoms with Crippen LogP contribution in [0.3, 0.4) is 0 Å². The second-order valence-electron chi connectivity index (χ2n) is 7.45. The van der Waals surface area contributed by atoms with Crippen LogP contribution in [0.1, 0.15) is 0 Å². The van der Waals surface area contributed by atoms with Gasteiger partial charge in [-0.05, 0) is 0 Å². The zero-order chi connectivity index (χ0) is 26.4. The molecule has 36 heavy (non-hydrogen) atoms. The van der Waals surface area contributed by atoms with Crippen LogP contribution in [0.25, 0.3) is 21.5 Å².